The smallest absolute Gasteiger partial charge is 0.140 e. The van der Waals surface area contributed by atoms with Gasteiger partial charge in [0.15, 0.2) is 0 Å². The van der Waals surface area contributed by atoms with Gasteiger partial charge in [-0.3, -0.25) is 0 Å². The highest BCUT2D eigenvalue weighted by Gasteiger charge is 2.00. The first-order chi connectivity index (χ1) is 7.31. The Morgan fingerprint density at radius 2 is 2.20 bits per heavy atom. The van der Waals surface area contributed by atoms with Gasteiger partial charge >= 0.3 is 0 Å². The average molecular weight is 218 g/mol. The lowest BCUT2D eigenvalue weighted by Crippen LogP contribution is -1.93. The fraction of sp³-hybridized carbons (Fsp3) is 0.0909. The highest BCUT2D eigenvalue weighted by Crippen LogP contribution is 2.19. The molecule has 0 fully saturated rings. The second-order valence-electron chi connectivity index (χ2n) is 2.90. The number of aromatic nitrogens is 2. The molecule has 0 atom stereocenters. The molecule has 0 aliphatic heterocycles. The van der Waals surface area contributed by atoms with Crippen molar-refractivity contribution in [2.75, 3.05) is 6.54 Å². The number of fused-ring (bicyclic) bond motifs is 1. The van der Waals surface area contributed by atoms with Gasteiger partial charge in [-0.1, -0.05) is 23.4 Å². The van der Waals surface area contributed by atoms with Gasteiger partial charge in [0.05, 0.1) is 12.1 Å². The molecule has 1 aromatic heterocycles. The molecule has 4 heteroatoms. The van der Waals surface area contributed by atoms with Gasteiger partial charge in [-0.05, 0) is 18.2 Å². The van der Waals surface area contributed by atoms with Gasteiger partial charge in [0.2, 0.25) is 0 Å². The molecule has 0 aliphatic rings. The molecule has 0 bridgehead atoms. The van der Waals surface area contributed by atoms with E-state index in [1.807, 2.05) is 18.2 Å². The van der Waals surface area contributed by atoms with Crippen molar-refractivity contribution < 1.29 is 0 Å². The lowest BCUT2D eigenvalue weighted by molar-refractivity contribution is 1.22. The molecular formula is C11H8ClN3. The number of hydrogen-bond acceptors (Lipinski definition) is 3. The van der Waals surface area contributed by atoms with Crippen molar-refractivity contribution in [3.8, 4) is 11.8 Å². The zero-order valence-corrected chi connectivity index (χ0v) is 8.62. The van der Waals surface area contributed by atoms with Crippen LogP contribution in [0.2, 0.25) is 5.15 Å². The maximum absolute atomic E-state index is 5.91. The topological polar surface area (TPSA) is 51.8 Å². The van der Waals surface area contributed by atoms with E-state index >= 15 is 0 Å². The third kappa shape index (κ3) is 2.07. The predicted molar refractivity (Wildman–Crippen MR) is 60.5 cm³/mol. The summed E-state index contributed by atoms with van der Waals surface area (Å²) in [5.74, 6) is 5.72. The minimum absolute atomic E-state index is 0.350. The maximum Gasteiger partial charge on any atom is 0.140 e. The van der Waals surface area contributed by atoms with Gasteiger partial charge in [0.25, 0.3) is 0 Å². The first-order valence-electron chi connectivity index (χ1n) is 4.40. The van der Waals surface area contributed by atoms with Crippen LogP contribution in [-0.2, 0) is 0 Å². The van der Waals surface area contributed by atoms with E-state index in [1.54, 1.807) is 0 Å². The summed E-state index contributed by atoms with van der Waals surface area (Å²) in [4.78, 5) is 8.01. The summed E-state index contributed by atoms with van der Waals surface area (Å²) in [5, 5.41) is 1.29. The third-order valence-electron chi connectivity index (χ3n) is 1.92. The Hall–Kier alpha value is -1.63. The fourth-order valence-corrected chi connectivity index (χ4v) is 1.46. The van der Waals surface area contributed by atoms with Crippen LogP contribution in [0.5, 0.6) is 0 Å². The molecule has 2 aromatic rings. The van der Waals surface area contributed by atoms with Crippen LogP contribution in [0.3, 0.4) is 0 Å². The van der Waals surface area contributed by atoms with Crippen LogP contribution in [0.25, 0.3) is 10.9 Å². The molecule has 0 aliphatic carbocycles. The molecule has 0 amide bonds. The summed E-state index contributed by atoms with van der Waals surface area (Å²) >= 11 is 5.91. The van der Waals surface area contributed by atoms with Crippen molar-refractivity contribution in [1.29, 1.82) is 0 Å². The van der Waals surface area contributed by atoms with Gasteiger partial charge in [-0.15, -0.1) is 0 Å². The first-order valence-corrected chi connectivity index (χ1v) is 4.78. The molecular weight excluding hydrogens is 210 g/mol. The monoisotopic (exact) mass is 217 g/mol. The third-order valence-corrected chi connectivity index (χ3v) is 2.22. The number of hydrogen-bond donors (Lipinski definition) is 1. The normalized spacial score (nSPS) is 9.73. The van der Waals surface area contributed by atoms with E-state index in [-0.39, 0.29) is 0 Å². The van der Waals surface area contributed by atoms with Crippen LogP contribution < -0.4 is 5.73 Å². The van der Waals surface area contributed by atoms with E-state index < -0.39 is 0 Å². The average Bonchev–Trinajstić information content (AvgIpc) is 2.26. The fourth-order valence-electron chi connectivity index (χ4n) is 1.26. The zero-order valence-electron chi connectivity index (χ0n) is 7.87. The summed E-state index contributed by atoms with van der Waals surface area (Å²) in [6, 6.07) is 5.60. The Labute approximate surface area is 92.3 Å². The van der Waals surface area contributed by atoms with Crippen LogP contribution >= 0.6 is 11.6 Å². The van der Waals surface area contributed by atoms with E-state index in [0.29, 0.717) is 11.7 Å². The quantitative estimate of drug-likeness (QED) is 0.539. The summed E-state index contributed by atoms with van der Waals surface area (Å²) in [6.07, 6.45) is 1.44. The van der Waals surface area contributed by atoms with E-state index in [9.17, 15) is 0 Å². The molecule has 0 unspecified atom stereocenters. The molecule has 2 N–H and O–H groups in total. The Bertz CT molecular complexity index is 554. The largest absolute Gasteiger partial charge is 0.320 e. The SMILES string of the molecule is NCC#Cc1ccc2c(Cl)ncnc2c1. The first kappa shape index (κ1) is 9.91. The molecule has 3 nitrogen and oxygen atoms in total. The number of nitrogens with two attached hydrogens (primary N) is 1. The second-order valence-corrected chi connectivity index (χ2v) is 3.26. The van der Waals surface area contributed by atoms with Crippen LogP contribution in [0.15, 0.2) is 24.5 Å². The van der Waals surface area contributed by atoms with Crippen LogP contribution in [0.4, 0.5) is 0 Å². The Kier molecular flexibility index (Phi) is 2.82. The summed E-state index contributed by atoms with van der Waals surface area (Å²) in [5.41, 5.74) is 6.96. The van der Waals surface area contributed by atoms with Gasteiger partial charge in [-0.2, -0.15) is 0 Å². The zero-order chi connectivity index (χ0) is 10.7. The van der Waals surface area contributed by atoms with Crippen molar-refractivity contribution in [3.63, 3.8) is 0 Å². The van der Waals surface area contributed by atoms with Gasteiger partial charge in [0, 0.05) is 10.9 Å². The van der Waals surface area contributed by atoms with E-state index in [1.165, 1.54) is 6.33 Å². The van der Waals surface area contributed by atoms with Gasteiger partial charge < -0.3 is 5.73 Å². The van der Waals surface area contributed by atoms with Crippen molar-refractivity contribution >= 4 is 22.5 Å². The molecule has 2 rings (SSSR count). The molecule has 0 spiro atoms. The Balaban J connectivity index is 2.57. The predicted octanol–water partition coefficient (Wildman–Crippen LogP) is 1.59. The summed E-state index contributed by atoms with van der Waals surface area (Å²) in [7, 11) is 0. The van der Waals surface area contributed by atoms with Crippen LogP contribution in [0.1, 0.15) is 5.56 Å². The highest BCUT2D eigenvalue weighted by molar-refractivity contribution is 6.34. The number of halogens is 1. The summed E-state index contributed by atoms with van der Waals surface area (Å²) in [6.45, 7) is 0.350. The minimum Gasteiger partial charge on any atom is -0.320 e. The Morgan fingerprint density at radius 1 is 1.33 bits per heavy atom. The molecule has 74 valence electrons. The number of nitrogens with zero attached hydrogens (tertiary/aromatic N) is 2. The molecule has 0 saturated heterocycles. The Morgan fingerprint density at radius 3 is 3.00 bits per heavy atom. The molecule has 1 heterocycles. The van der Waals surface area contributed by atoms with Crippen molar-refractivity contribution in [3.05, 3.63) is 35.2 Å². The van der Waals surface area contributed by atoms with Crippen LogP contribution in [-0.4, -0.2) is 16.5 Å². The maximum atomic E-state index is 5.91. The van der Waals surface area contributed by atoms with E-state index in [4.69, 9.17) is 17.3 Å². The molecule has 1 aromatic carbocycles. The van der Waals surface area contributed by atoms with E-state index in [0.717, 1.165) is 16.5 Å². The number of benzene rings is 1. The van der Waals surface area contributed by atoms with Crippen LogP contribution in [0, 0.1) is 11.8 Å². The molecule has 0 radical (unpaired) electrons. The van der Waals surface area contributed by atoms with Gasteiger partial charge in [0.1, 0.15) is 11.5 Å². The molecule has 15 heavy (non-hydrogen) atoms. The standard InChI is InChI=1S/C11H8ClN3/c12-11-9-4-3-8(2-1-5-13)6-10(9)14-7-15-11/h3-4,6-7H,5,13H2. The van der Waals surface area contributed by atoms with E-state index in [2.05, 4.69) is 21.8 Å². The minimum atomic E-state index is 0.350. The van der Waals surface area contributed by atoms with Crippen molar-refractivity contribution in [2.45, 2.75) is 0 Å². The second kappa shape index (κ2) is 4.26. The van der Waals surface area contributed by atoms with Gasteiger partial charge in [-0.25, -0.2) is 9.97 Å². The van der Waals surface area contributed by atoms with Crippen molar-refractivity contribution in [1.82, 2.24) is 9.97 Å². The lowest BCUT2D eigenvalue weighted by Gasteiger charge is -1.98. The van der Waals surface area contributed by atoms with Crippen molar-refractivity contribution in [2.24, 2.45) is 5.73 Å². The summed E-state index contributed by atoms with van der Waals surface area (Å²) < 4.78 is 0. The number of rotatable bonds is 0. The lowest BCUT2D eigenvalue weighted by atomic mass is 10.1. The highest BCUT2D eigenvalue weighted by atomic mass is 35.5. The molecule has 0 saturated carbocycles.